The largest absolute Gasteiger partial charge is 0.484 e. The van der Waals surface area contributed by atoms with Gasteiger partial charge in [-0.25, -0.2) is 0 Å². The normalized spacial score (nSPS) is 11.4. The van der Waals surface area contributed by atoms with E-state index in [4.69, 9.17) is 9.47 Å². The monoisotopic (exact) mass is 370 g/mol. The Kier molecular flexibility index (Phi) is 7.67. The summed E-state index contributed by atoms with van der Waals surface area (Å²) < 4.78 is 10.9. The number of benzene rings is 2. The third-order valence-corrected chi connectivity index (χ3v) is 3.73. The molecule has 27 heavy (non-hydrogen) atoms. The van der Waals surface area contributed by atoms with E-state index in [1.54, 1.807) is 12.1 Å². The second-order valence-corrected chi connectivity index (χ2v) is 6.48. The highest BCUT2D eigenvalue weighted by molar-refractivity contribution is 5.79. The molecule has 2 N–H and O–H groups in total. The van der Waals surface area contributed by atoms with E-state index in [0.29, 0.717) is 18.0 Å². The first-order valence-electron chi connectivity index (χ1n) is 8.87. The van der Waals surface area contributed by atoms with Crippen molar-refractivity contribution in [1.29, 1.82) is 0 Å². The van der Waals surface area contributed by atoms with Crippen molar-refractivity contribution >= 4 is 11.8 Å². The van der Waals surface area contributed by atoms with Gasteiger partial charge in [0.1, 0.15) is 11.5 Å². The molecule has 0 bridgehead atoms. The zero-order valence-electron chi connectivity index (χ0n) is 16.0. The van der Waals surface area contributed by atoms with Crippen LogP contribution in [0.1, 0.15) is 18.1 Å². The molecule has 6 nitrogen and oxygen atoms in total. The van der Waals surface area contributed by atoms with Crippen molar-refractivity contribution in [2.45, 2.75) is 26.8 Å². The SMILES string of the molecule is Cc1cccc(OCC(=O)NC[C@@H](C)NC(=O)COc2cccc(C)c2)c1. The van der Waals surface area contributed by atoms with Gasteiger partial charge in [-0.2, -0.15) is 0 Å². The molecule has 0 unspecified atom stereocenters. The number of ether oxygens (including phenoxy) is 2. The minimum absolute atomic E-state index is 0.0689. The minimum atomic E-state index is -0.242. The number of hydrogen-bond acceptors (Lipinski definition) is 4. The Balaban J connectivity index is 1.63. The van der Waals surface area contributed by atoms with E-state index in [1.165, 1.54) is 0 Å². The van der Waals surface area contributed by atoms with Crippen LogP contribution in [0.2, 0.25) is 0 Å². The first-order valence-corrected chi connectivity index (χ1v) is 8.87. The molecule has 2 aromatic carbocycles. The summed E-state index contributed by atoms with van der Waals surface area (Å²) in [7, 11) is 0. The van der Waals surface area contributed by atoms with Crippen molar-refractivity contribution in [2.75, 3.05) is 19.8 Å². The lowest BCUT2D eigenvalue weighted by Gasteiger charge is -2.15. The first kappa shape index (κ1) is 20.3. The minimum Gasteiger partial charge on any atom is -0.484 e. The first-order chi connectivity index (χ1) is 12.9. The zero-order chi connectivity index (χ0) is 19.6. The van der Waals surface area contributed by atoms with Crippen LogP contribution in [-0.4, -0.2) is 37.6 Å². The highest BCUT2D eigenvalue weighted by Crippen LogP contribution is 2.12. The van der Waals surface area contributed by atoms with Crippen LogP contribution in [0.5, 0.6) is 11.5 Å². The topological polar surface area (TPSA) is 76.7 Å². The van der Waals surface area contributed by atoms with Gasteiger partial charge in [0, 0.05) is 12.6 Å². The molecule has 0 spiro atoms. The molecular formula is C21H26N2O4. The van der Waals surface area contributed by atoms with Crippen LogP contribution in [0, 0.1) is 13.8 Å². The number of aryl methyl sites for hydroxylation is 2. The van der Waals surface area contributed by atoms with Crippen LogP contribution in [0.15, 0.2) is 48.5 Å². The van der Waals surface area contributed by atoms with E-state index in [9.17, 15) is 9.59 Å². The van der Waals surface area contributed by atoms with E-state index < -0.39 is 0 Å². The fraction of sp³-hybridized carbons (Fsp3) is 0.333. The maximum Gasteiger partial charge on any atom is 0.258 e. The van der Waals surface area contributed by atoms with Crippen LogP contribution in [0.3, 0.4) is 0 Å². The lowest BCUT2D eigenvalue weighted by atomic mass is 10.2. The van der Waals surface area contributed by atoms with Crippen LogP contribution >= 0.6 is 0 Å². The second kappa shape index (κ2) is 10.2. The van der Waals surface area contributed by atoms with E-state index in [-0.39, 0.29) is 31.1 Å². The molecule has 0 aromatic heterocycles. The maximum atomic E-state index is 11.9. The number of amides is 2. The molecule has 0 aliphatic rings. The van der Waals surface area contributed by atoms with Gasteiger partial charge in [0.25, 0.3) is 11.8 Å². The summed E-state index contributed by atoms with van der Waals surface area (Å²) in [5.41, 5.74) is 2.13. The van der Waals surface area contributed by atoms with E-state index >= 15 is 0 Å². The van der Waals surface area contributed by atoms with Crippen molar-refractivity contribution in [3.8, 4) is 11.5 Å². The summed E-state index contributed by atoms with van der Waals surface area (Å²) in [4.78, 5) is 23.8. The van der Waals surface area contributed by atoms with Crippen molar-refractivity contribution in [3.05, 3.63) is 59.7 Å². The van der Waals surface area contributed by atoms with E-state index in [2.05, 4.69) is 10.6 Å². The van der Waals surface area contributed by atoms with E-state index in [0.717, 1.165) is 11.1 Å². The number of carbonyl (C=O) groups is 2. The summed E-state index contributed by atoms with van der Waals surface area (Å²) in [6.45, 7) is 5.90. The molecule has 2 amide bonds. The third-order valence-electron chi connectivity index (χ3n) is 3.73. The average molecular weight is 370 g/mol. The molecule has 144 valence electrons. The number of hydrogen-bond donors (Lipinski definition) is 2. The van der Waals surface area contributed by atoms with Gasteiger partial charge < -0.3 is 20.1 Å². The molecule has 0 fully saturated rings. The fourth-order valence-electron chi connectivity index (χ4n) is 2.39. The van der Waals surface area contributed by atoms with Gasteiger partial charge in [-0.15, -0.1) is 0 Å². The molecule has 2 rings (SSSR count). The molecule has 0 saturated carbocycles. The summed E-state index contributed by atoms with van der Waals surface area (Å²) in [5.74, 6) is 0.821. The van der Waals surface area contributed by atoms with Crippen molar-refractivity contribution in [1.82, 2.24) is 10.6 Å². The van der Waals surface area contributed by atoms with Crippen molar-refractivity contribution in [2.24, 2.45) is 0 Å². The Morgan fingerprint density at radius 3 is 1.93 bits per heavy atom. The summed E-state index contributed by atoms with van der Waals surface area (Å²) >= 11 is 0. The summed E-state index contributed by atoms with van der Waals surface area (Å²) in [6, 6.07) is 14.8. The van der Waals surface area contributed by atoms with Crippen molar-refractivity contribution < 1.29 is 19.1 Å². The van der Waals surface area contributed by atoms with Crippen LogP contribution < -0.4 is 20.1 Å². The Morgan fingerprint density at radius 1 is 0.889 bits per heavy atom. The van der Waals surface area contributed by atoms with Gasteiger partial charge in [-0.05, 0) is 56.2 Å². The number of carbonyl (C=O) groups excluding carboxylic acids is 2. The lowest BCUT2D eigenvalue weighted by molar-refractivity contribution is -0.125. The van der Waals surface area contributed by atoms with Gasteiger partial charge in [0.15, 0.2) is 13.2 Å². The van der Waals surface area contributed by atoms with Crippen LogP contribution in [0.25, 0.3) is 0 Å². The molecule has 0 aliphatic carbocycles. The van der Waals surface area contributed by atoms with Crippen LogP contribution in [0.4, 0.5) is 0 Å². The highest BCUT2D eigenvalue weighted by Gasteiger charge is 2.10. The highest BCUT2D eigenvalue weighted by atomic mass is 16.5. The number of nitrogens with one attached hydrogen (secondary N) is 2. The Bertz CT molecular complexity index is 776. The quantitative estimate of drug-likeness (QED) is 0.711. The second-order valence-electron chi connectivity index (χ2n) is 6.48. The smallest absolute Gasteiger partial charge is 0.258 e. The number of rotatable bonds is 9. The Morgan fingerprint density at radius 2 is 1.41 bits per heavy atom. The fourth-order valence-corrected chi connectivity index (χ4v) is 2.39. The molecule has 2 aromatic rings. The van der Waals surface area contributed by atoms with Crippen molar-refractivity contribution in [3.63, 3.8) is 0 Å². The molecular weight excluding hydrogens is 344 g/mol. The molecule has 0 heterocycles. The third kappa shape index (κ3) is 7.81. The molecule has 0 aliphatic heterocycles. The molecule has 0 radical (unpaired) electrons. The van der Waals surface area contributed by atoms with Gasteiger partial charge in [0.05, 0.1) is 0 Å². The van der Waals surface area contributed by atoms with Crippen LogP contribution in [-0.2, 0) is 9.59 Å². The van der Waals surface area contributed by atoms with E-state index in [1.807, 2.05) is 57.2 Å². The van der Waals surface area contributed by atoms with Gasteiger partial charge in [-0.1, -0.05) is 24.3 Å². The van der Waals surface area contributed by atoms with Gasteiger partial charge >= 0.3 is 0 Å². The Labute approximate surface area is 159 Å². The summed E-state index contributed by atoms with van der Waals surface area (Å²) in [5, 5.41) is 5.52. The molecule has 0 saturated heterocycles. The maximum absolute atomic E-state index is 11.9. The predicted octanol–water partition coefficient (Wildman–Crippen LogP) is 2.38. The van der Waals surface area contributed by atoms with Gasteiger partial charge in [0.2, 0.25) is 0 Å². The molecule has 6 heteroatoms. The average Bonchev–Trinajstić information content (AvgIpc) is 2.63. The predicted molar refractivity (Wildman–Crippen MR) is 104 cm³/mol. The zero-order valence-corrected chi connectivity index (χ0v) is 16.0. The summed E-state index contributed by atoms with van der Waals surface area (Å²) in [6.07, 6.45) is 0. The molecule has 1 atom stereocenters. The lowest BCUT2D eigenvalue weighted by Crippen LogP contribution is -2.44. The van der Waals surface area contributed by atoms with Gasteiger partial charge in [-0.3, -0.25) is 9.59 Å². The Hall–Kier alpha value is -3.02. The standard InChI is InChI=1S/C21H26N2O4/c1-15-6-4-8-18(10-15)26-13-20(24)22-12-17(3)23-21(25)14-27-19-9-5-7-16(2)11-19/h4-11,17H,12-14H2,1-3H3,(H,22,24)(H,23,25)/t17-/m1/s1.